The molecule has 1 aliphatic heterocycles. The van der Waals surface area contributed by atoms with Crippen LogP contribution in [-0.4, -0.2) is 43.3 Å². The number of nitriles is 1. The maximum atomic E-state index is 14.1. The predicted octanol–water partition coefficient (Wildman–Crippen LogP) is 5.54. The topological polar surface area (TPSA) is 88.8 Å². The van der Waals surface area contributed by atoms with E-state index >= 15 is 0 Å². The molecule has 0 fully saturated rings. The number of carbonyl (C=O) groups is 2. The van der Waals surface area contributed by atoms with Crippen LogP contribution >= 0.6 is 0 Å². The molecule has 7 heteroatoms. The fourth-order valence-corrected chi connectivity index (χ4v) is 4.51. The smallest absolute Gasteiger partial charge is 0.330 e. The molecule has 0 aromatic heterocycles. The number of nitrogens with zero attached hydrogens (tertiary/aromatic N) is 4. The van der Waals surface area contributed by atoms with Crippen LogP contribution in [0.1, 0.15) is 55.4 Å². The van der Waals surface area contributed by atoms with Crippen LogP contribution in [0.15, 0.2) is 59.2 Å². The van der Waals surface area contributed by atoms with Crippen molar-refractivity contribution in [1.29, 1.82) is 5.26 Å². The van der Waals surface area contributed by atoms with Crippen molar-refractivity contribution >= 4 is 23.5 Å². The van der Waals surface area contributed by atoms with Crippen LogP contribution in [0.5, 0.6) is 0 Å². The summed E-state index contributed by atoms with van der Waals surface area (Å²) in [5, 5.41) is 12.6. The highest BCUT2D eigenvalue weighted by Crippen LogP contribution is 2.30. The van der Waals surface area contributed by atoms with Gasteiger partial charge in [0.05, 0.1) is 23.2 Å². The van der Waals surface area contributed by atoms with Crippen LogP contribution in [0.2, 0.25) is 0 Å². The van der Waals surface area contributed by atoms with Crippen molar-refractivity contribution in [3.05, 3.63) is 76.5 Å². The van der Waals surface area contributed by atoms with E-state index in [2.05, 4.69) is 30.2 Å². The molecule has 2 aromatic rings. The van der Waals surface area contributed by atoms with E-state index in [1.165, 1.54) is 9.80 Å². The second kappa shape index (κ2) is 12.9. The maximum absolute atomic E-state index is 14.1. The Bertz CT molecular complexity index is 1370. The van der Waals surface area contributed by atoms with Crippen molar-refractivity contribution in [2.45, 2.75) is 47.0 Å². The van der Waals surface area contributed by atoms with E-state index < -0.39 is 11.9 Å². The molecule has 39 heavy (non-hydrogen) atoms. The number of hydrogen-bond acceptors (Lipinski definition) is 4. The molecule has 0 bridgehead atoms. The Kier molecular flexibility index (Phi) is 9.68. The van der Waals surface area contributed by atoms with Crippen molar-refractivity contribution in [2.75, 3.05) is 25.5 Å². The van der Waals surface area contributed by atoms with E-state index in [0.29, 0.717) is 17.8 Å². The SMILES string of the molecule is CCC1=CNC(=NC[C@@H](c2ccc(C#N)cc2)[C@H](C)C(=O)N(C(=O)N(C)C)c2cc(C)cc(C)c2)C(C)C#C1. The molecular weight excluding hydrogens is 486 g/mol. The van der Waals surface area contributed by atoms with Gasteiger partial charge in [-0.1, -0.05) is 43.9 Å². The minimum absolute atomic E-state index is 0.0972. The van der Waals surface area contributed by atoms with Crippen LogP contribution in [0.3, 0.4) is 0 Å². The number of allylic oxidation sites excluding steroid dienone is 1. The summed E-state index contributed by atoms with van der Waals surface area (Å²) >= 11 is 0. The normalized spacial score (nSPS) is 16.9. The van der Waals surface area contributed by atoms with E-state index in [0.717, 1.165) is 34.5 Å². The molecule has 1 heterocycles. The fraction of sp³-hybridized carbons (Fsp3) is 0.375. The van der Waals surface area contributed by atoms with Crippen LogP contribution < -0.4 is 10.2 Å². The lowest BCUT2D eigenvalue weighted by Crippen LogP contribution is -2.47. The molecule has 3 rings (SSSR count). The van der Waals surface area contributed by atoms with Gasteiger partial charge in [-0.25, -0.2) is 9.69 Å². The largest absolute Gasteiger partial charge is 0.348 e. The first kappa shape index (κ1) is 29.2. The second-order valence-corrected chi connectivity index (χ2v) is 10.2. The number of hydrogen-bond donors (Lipinski definition) is 1. The molecule has 1 aliphatic rings. The zero-order chi connectivity index (χ0) is 28.7. The van der Waals surface area contributed by atoms with Crippen LogP contribution in [0.25, 0.3) is 0 Å². The van der Waals surface area contributed by atoms with Crippen molar-refractivity contribution in [2.24, 2.45) is 16.8 Å². The number of amides is 3. The molecule has 1 N–H and O–H groups in total. The number of aryl methyl sites for hydroxylation is 2. The summed E-state index contributed by atoms with van der Waals surface area (Å²) in [7, 11) is 3.27. The molecule has 0 aliphatic carbocycles. The highest BCUT2D eigenvalue weighted by molar-refractivity contribution is 6.15. The van der Waals surface area contributed by atoms with Gasteiger partial charge in [-0.2, -0.15) is 5.26 Å². The monoisotopic (exact) mass is 523 g/mol. The number of rotatable bonds is 7. The van der Waals surface area contributed by atoms with Crippen molar-refractivity contribution in [3.8, 4) is 17.9 Å². The Morgan fingerprint density at radius 2 is 1.77 bits per heavy atom. The number of nitrogens with one attached hydrogen (secondary N) is 1. The summed E-state index contributed by atoms with van der Waals surface area (Å²) in [5.41, 5.74) is 4.88. The maximum Gasteiger partial charge on any atom is 0.330 e. The predicted molar refractivity (Wildman–Crippen MR) is 156 cm³/mol. The molecule has 202 valence electrons. The molecular formula is C32H37N5O2. The summed E-state index contributed by atoms with van der Waals surface area (Å²) < 4.78 is 0. The number of carbonyl (C=O) groups excluding carboxylic acids is 2. The standard InChI is InChI=1S/C32H37N5O2/c1-8-25-10-9-23(4)30(34-19-25)35-20-29(27-13-11-26(18-33)12-14-27)24(5)31(38)37(32(39)36(6)7)28-16-21(2)15-22(3)17-28/h11-17,19,23-24,29H,8,20H2,1-7H3,(H,34,35)/t23?,24-,29+/m0/s1. The van der Waals surface area contributed by atoms with Crippen LogP contribution in [0.4, 0.5) is 10.5 Å². The van der Waals surface area contributed by atoms with Gasteiger partial charge in [-0.15, -0.1) is 0 Å². The Labute approximate surface area is 232 Å². The van der Waals surface area contributed by atoms with Crippen LogP contribution in [0, 0.1) is 48.9 Å². The minimum atomic E-state index is -0.596. The average Bonchev–Trinajstić information content (AvgIpc) is 3.09. The quantitative estimate of drug-likeness (QED) is 0.482. The Morgan fingerprint density at radius 3 is 2.33 bits per heavy atom. The van der Waals surface area contributed by atoms with Gasteiger partial charge in [0, 0.05) is 44.2 Å². The second-order valence-electron chi connectivity index (χ2n) is 10.2. The number of urea groups is 1. The van der Waals surface area contributed by atoms with Crippen LogP contribution in [-0.2, 0) is 4.79 Å². The first-order valence-electron chi connectivity index (χ1n) is 13.2. The third-order valence-corrected chi connectivity index (χ3v) is 6.81. The molecule has 3 atom stereocenters. The molecule has 0 saturated carbocycles. The van der Waals surface area contributed by atoms with E-state index in [1.807, 2.05) is 64.2 Å². The van der Waals surface area contributed by atoms with Gasteiger partial charge < -0.3 is 10.2 Å². The van der Waals surface area contributed by atoms with Crippen molar-refractivity contribution < 1.29 is 9.59 Å². The minimum Gasteiger partial charge on any atom is -0.348 e. The summed E-state index contributed by atoms with van der Waals surface area (Å²) in [5.74, 6) is 5.79. The molecule has 1 unspecified atom stereocenters. The number of imide groups is 1. The zero-order valence-corrected chi connectivity index (χ0v) is 23.9. The first-order valence-corrected chi connectivity index (χ1v) is 13.2. The van der Waals surface area contributed by atoms with Gasteiger partial charge in [0.15, 0.2) is 0 Å². The average molecular weight is 524 g/mol. The Hall–Kier alpha value is -4.36. The zero-order valence-electron chi connectivity index (χ0n) is 23.9. The number of amidine groups is 1. The molecule has 3 amide bonds. The Morgan fingerprint density at radius 1 is 1.13 bits per heavy atom. The third-order valence-electron chi connectivity index (χ3n) is 6.81. The summed E-state index contributed by atoms with van der Waals surface area (Å²) in [6.45, 7) is 10.1. The van der Waals surface area contributed by atoms with E-state index in [9.17, 15) is 14.9 Å². The number of benzene rings is 2. The molecule has 0 spiro atoms. The molecule has 0 saturated heterocycles. The summed E-state index contributed by atoms with van der Waals surface area (Å²) in [6.07, 6.45) is 2.71. The van der Waals surface area contributed by atoms with Crippen molar-refractivity contribution in [3.63, 3.8) is 0 Å². The van der Waals surface area contributed by atoms with E-state index in [-0.39, 0.29) is 17.7 Å². The molecule has 7 nitrogen and oxygen atoms in total. The highest BCUT2D eigenvalue weighted by atomic mass is 16.2. The van der Waals surface area contributed by atoms with Crippen molar-refractivity contribution in [1.82, 2.24) is 10.2 Å². The lowest BCUT2D eigenvalue weighted by molar-refractivity contribution is -0.121. The van der Waals surface area contributed by atoms with E-state index in [1.54, 1.807) is 26.2 Å². The van der Waals surface area contributed by atoms with Gasteiger partial charge >= 0.3 is 6.03 Å². The third kappa shape index (κ3) is 7.15. The highest BCUT2D eigenvalue weighted by Gasteiger charge is 2.34. The van der Waals surface area contributed by atoms with Gasteiger partial charge in [-0.3, -0.25) is 9.79 Å². The first-order chi connectivity index (χ1) is 18.5. The summed E-state index contributed by atoms with van der Waals surface area (Å²) in [6, 6.07) is 14.7. The lowest BCUT2D eigenvalue weighted by atomic mass is 9.85. The fourth-order valence-electron chi connectivity index (χ4n) is 4.51. The van der Waals surface area contributed by atoms with E-state index in [4.69, 9.17) is 4.99 Å². The van der Waals surface area contributed by atoms with Gasteiger partial charge in [0.25, 0.3) is 0 Å². The lowest BCUT2D eigenvalue weighted by Gasteiger charge is -2.31. The summed E-state index contributed by atoms with van der Waals surface area (Å²) in [4.78, 5) is 35.0. The van der Waals surface area contributed by atoms with Gasteiger partial charge in [-0.05, 0) is 68.1 Å². The molecule has 0 radical (unpaired) electrons. The Balaban J connectivity index is 2.04. The van der Waals surface area contributed by atoms with Gasteiger partial charge in [0.1, 0.15) is 5.84 Å². The number of aliphatic imine (C=N–C) groups is 1. The number of anilines is 1. The molecule has 2 aromatic carbocycles. The van der Waals surface area contributed by atoms with Gasteiger partial charge in [0.2, 0.25) is 5.91 Å².